The van der Waals surface area contributed by atoms with Crippen molar-refractivity contribution in [2.45, 2.75) is 19.9 Å². The minimum Gasteiger partial charge on any atom is -0.462 e. The van der Waals surface area contributed by atoms with Crippen LogP contribution in [0, 0.1) is 0 Å². The Bertz CT molecular complexity index is 825. The summed E-state index contributed by atoms with van der Waals surface area (Å²) in [7, 11) is 0. The standard InChI is InChI=1S/C21H26ClN3O3S/c1-2-28-21(27)18-8-13-29-20(18)23-19(26)15-25-10-3-9-24(11-12-25)14-16-4-6-17(22)7-5-16/h4-8,13H,2-3,9-12,14-15H2,1H3,(H,23,26). The van der Waals surface area contributed by atoms with Gasteiger partial charge < -0.3 is 10.1 Å². The summed E-state index contributed by atoms with van der Waals surface area (Å²) < 4.78 is 5.04. The number of carbonyl (C=O) groups excluding carboxylic acids is 2. The Morgan fingerprint density at radius 1 is 1.10 bits per heavy atom. The lowest BCUT2D eigenvalue weighted by atomic mass is 10.2. The molecule has 1 fully saturated rings. The molecule has 1 aliphatic rings. The Morgan fingerprint density at radius 3 is 2.59 bits per heavy atom. The first-order chi connectivity index (χ1) is 14.0. The number of nitrogens with one attached hydrogen (secondary N) is 1. The summed E-state index contributed by atoms with van der Waals surface area (Å²) in [6, 6.07) is 9.63. The van der Waals surface area contributed by atoms with E-state index in [2.05, 4.69) is 27.2 Å². The molecule has 1 aromatic heterocycles. The van der Waals surface area contributed by atoms with Gasteiger partial charge in [-0.1, -0.05) is 23.7 Å². The second kappa shape index (κ2) is 10.7. The molecule has 0 radical (unpaired) electrons. The third-order valence-corrected chi connectivity index (χ3v) is 5.86. The van der Waals surface area contributed by atoms with Crippen LogP contribution < -0.4 is 5.32 Å². The Labute approximate surface area is 180 Å². The SMILES string of the molecule is CCOC(=O)c1ccsc1NC(=O)CN1CCCN(Cc2ccc(Cl)cc2)CC1. The fourth-order valence-corrected chi connectivity index (χ4v) is 4.25. The van der Waals surface area contributed by atoms with Gasteiger partial charge in [0.15, 0.2) is 0 Å². The molecule has 0 saturated carbocycles. The van der Waals surface area contributed by atoms with Gasteiger partial charge in [-0.05, 0) is 55.6 Å². The van der Waals surface area contributed by atoms with E-state index in [0.29, 0.717) is 23.7 Å². The predicted octanol–water partition coefficient (Wildman–Crippen LogP) is 3.72. The summed E-state index contributed by atoms with van der Waals surface area (Å²) in [6.45, 7) is 6.88. The molecular formula is C21H26ClN3O3S. The average Bonchev–Trinajstić information content (AvgIpc) is 3.04. The molecule has 1 N–H and O–H groups in total. The van der Waals surface area contributed by atoms with Crippen LogP contribution in [-0.4, -0.2) is 61.0 Å². The molecule has 156 valence electrons. The number of thiophene rings is 1. The number of ether oxygens (including phenoxy) is 1. The van der Waals surface area contributed by atoms with Crippen LogP contribution in [0.2, 0.25) is 5.02 Å². The van der Waals surface area contributed by atoms with Crippen molar-refractivity contribution < 1.29 is 14.3 Å². The molecule has 1 aliphatic heterocycles. The third-order valence-electron chi connectivity index (χ3n) is 4.78. The predicted molar refractivity (Wildman–Crippen MR) is 117 cm³/mol. The molecule has 6 nitrogen and oxygen atoms in total. The zero-order valence-corrected chi connectivity index (χ0v) is 18.1. The number of nitrogens with zero attached hydrogens (tertiary/aromatic N) is 2. The van der Waals surface area contributed by atoms with E-state index in [9.17, 15) is 9.59 Å². The number of rotatable bonds is 7. The van der Waals surface area contributed by atoms with Gasteiger partial charge in [0.1, 0.15) is 5.00 Å². The quantitative estimate of drug-likeness (QED) is 0.671. The molecule has 8 heteroatoms. The first-order valence-electron chi connectivity index (χ1n) is 9.78. The topological polar surface area (TPSA) is 61.9 Å². The van der Waals surface area contributed by atoms with Crippen LogP contribution >= 0.6 is 22.9 Å². The number of hydrogen-bond acceptors (Lipinski definition) is 6. The summed E-state index contributed by atoms with van der Waals surface area (Å²) in [5.74, 6) is -0.513. The molecule has 0 atom stereocenters. The lowest BCUT2D eigenvalue weighted by Gasteiger charge is -2.21. The maximum Gasteiger partial charge on any atom is 0.341 e. The van der Waals surface area contributed by atoms with Crippen molar-refractivity contribution in [1.82, 2.24) is 9.80 Å². The monoisotopic (exact) mass is 435 g/mol. The number of halogens is 1. The van der Waals surface area contributed by atoms with E-state index in [1.807, 2.05) is 12.1 Å². The van der Waals surface area contributed by atoms with Crippen molar-refractivity contribution in [2.75, 3.05) is 44.6 Å². The molecule has 1 amide bonds. The maximum absolute atomic E-state index is 12.5. The average molecular weight is 436 g/mol. The molecule has 1 saturated heterocycles. The molecule has 1 aromatic carbocycles. The van der Waals surface area contributed by atoms with Crippen molar-refractivity contribution >= 4 is 39.8 Å². The smallest absolute Gasteiger partial charge is 0.341 e. The molecule has 0 unspecified atom stereocenters. The minimum atomic E-state index is -0.406. The maximum atomic E-state index is 12.5. The second-order valence-corrected chi connectivity index (χ2v) is 8.32. The molecule has 0 spiro atoms. The molecule has 0 bridgehead atoms. The van der Waals surface area contributed by atoms with Crippen molar-refractivity contribution in [3.63, 3.8) is 0 Å². The molecule has 3 rings (SSSR count). The van der Waals surface area contributed by atoms with Crippen LogP contribution in [-0.2, 0) is 16.1 Å². The summed E-state index contributed by atoms with van der Waals surface area (Å²) in [6.07, 6.45) is 1.01. The lowest BCUT2D eigenvalue weighted by Crippen LogP contribution is -2.36. The van der Waals surface area contributed by atoms with E-state index in [1.54, 1.807) is 18.4 Å². The van der Waals surface area contributed by atoms with Gasteiger partial charge in [-0.2, -0.15) is 0 Å². The molecule has 2 aromatic rings. The Kier molecular flexibility index (Phi) is 8.06. The highest BCUT2D eigenvalue weighted by Crippen LogP contribution is 2.24. The van der Waals surface area contributed by atoms with E-state index in [-0.39, 0.29) is 5.91 Å². The summed E-state index contributed by atoms with van der Waals surface area (Å²) >= 11 is 7.29. The van der Waals surface area contributed by atoms with Gasteiger partial charge >= 0.3 is 5.97 Å². The van der Waals surface area contributed by atoms with Crippen LogP contribution in [0.5, 0.6) is 0 Å². The highest BCUT2D eigenvalue weighted by Gasteiger charge is 2.20. The fourth-order valence-electron chi connectivity index (χ4n) is 3.33. The number of amides is 1. The summed E-state index contributed by atoms with van der Waals surface area (Å²) in [5, 5.41) is 5.94. The normalized spacial score (nSPS) is 15.7. The third kappa shape index (κ3) is 6.54. The number of hydrogen-bond donors (Lipinski definition) is 1. The van der Waals surface area contributed by atoms with Gasteiger partial charge in [0.2, 0.25) is 5.91 Å². The molecule has 2 heterocycles. The van der Waals surface area contributed by atoms with Crippen molar-refractivity contribution in [3.8, 4) is 0 Å². The van der Waals surface area contributed by atoms with Gasteiger partial charge in [0.25, 0.3) is 0 Å². The summed E-state index contributed by atoms with van der Waals surface area (Å²) in [4.78, 5) is 29.0. The van der Waals surface area contributed by atoms with Crippen molar-refractivity contribution in [2.24, 2.45) is 0 Å². The van der Waals surface area contributed by atoms with Gasteiger partial charge in [-0.3, -0.25) is 14.6 Å². The van der Waals surface area contributed by atoms with Crippen LogP contribution in [0.3, 0.4) is 0 Å². The number of carbonyl (C=O) groups is 2. The van der Waals surface area contributed by atoms with Gasteiger partial charge in [-0.15, -0.1) is 11.3 Å². The lowest BCUT2D eigenvalue weighted by molar-refractivity contribution is -0.117. The largest absolute Gasteiger partial charge is 0.462 e. The zero-order valence-electron chi connectivity index (χ0n) is 16.5. The first-order valence-corrected chi connectivity index (χ1v) is 11.0. The number of anilines is 1. The second-order valence-electron chi connectivity index (χ2n) is 6.96. The van der Waals surface area contributed by atoms with Crippen LogP contribution in [0.4, 0.5) is 5.00 Å². The van der Waals surface area contributed by atoms with E-state index < -0.39 is 5.97 Å². The highest BCUT2D eigenvalue weighted by atomic mass is 35.5. The van der Waals surface area contributed by atoms with Gasteiger partial charge in [0.05, 0.1) is 18.7 Å². The van der Waals surface area contributed by atoms with Gasteiger partial charge in [-0.25, -0.2) is 4.79 Å². The Morgan fingerprint density at radius 2 is 1.83 bits per heavy atom. The van der Waals surface area contributed by atoms with E-state index in [4.69, 9.17) is 16.3 Å². The Hall–Kier alpha value is -1.93. The van der Waals surface area contributed by atoms with E-state index >= 15 is 0 Å². The summed E-state index contributed by atoms with van der Waals surface area (Å²) in [5.41, 5.74) is 1.65. The van der Waals surface area contributed by atoms with Crippen LogP contribution in [0.25, 0.3) is 0 Å². The molecular weight excluding hydrogens is 410 g/mol. The molecule has 0 aliphatic carbocycles. The number of benzene rings is 1. The van der Waals surface area contributed by atoms with Crippen molar-refractivity contribution in [3.05, 3.63) is 51.9 Å². The zero-order chi connectivity index (χ0) is 20.6. The van der Waals surface area contributed by atoms with Crippen LogP contribution in [0.15, 0.2) is 35.7 Å². The fraction of sp³-hybridized carbons (Fsp3) is 0.429. The van der Waals surface area contributed by atoms with E-state index in [1.165, 1.54) is 16.9 Å². The van der Waals surface area contributed by atoms with Crippen molar-refractivity contribution in [1.29, 1.82) is 0 Å². The Balaban J connectivity index is 1.48. The van der Waals surface area contributed by atoms with Crippen LogP contribution in [0.1, 0.15) is 29.3 Å². The number of esters is 1. The first kappa shape index (κ1) is 21.8. The molecule has 29 heavy (non-hydrogen) atoms. The minimum absolute atomic E-state index is 0.107. The highest BCUT2D eigenvalue weighted by molar-refractivity contribution is 7.14. The van der Waals surface area contributed by atoms with E-state index in [0.717, 1.165) is 44.2 Å². The van der Waals surface area contributed by atoms with Gasteiger partial charge in [0, 0.05) is 24.7 Å².